The first-order valence-corrected chi connectivity index (χ1v) is 7.51. The van der Waals surface area contributed by atoms with Crippen molar-refractivity contribution in [3.05, 3.63) is 21.4 Å². The van der Waals surface area contributed by atoms with E-state index >= 15 is 0 Å². The number of amides is 1. The van der Waals surface area contributed by atoms with E-state index in [1.54, 1.807) is 6.07 Å². The van der Waals surface area contributed by atoms with Gasteiger partial charge in [-0.2, -0.15) is 0 Å². The summed E-state index contributed by atoms with van der Waals surface area (Å²) in [5, 5.41) is 20.1. The van der Waals surface area contributed by atoms with E-state index in [9.17, 15) is 14.4 Å². The molecule has 1 atom stereocenters. The van der Waals surface area contributed by atoms with Crippen molar-refractivity contribution in [1.29, 1.82) is 0 Å². The number of thiophene rings is 1. The van der Waals surface area contributed by atoms with Gasteiger partial charge in [0.1, 0.15) is 6.04 Å². The summed E-state index contributed by atoms with van der Waals surface area (Å²) in [7, 11) is 0. The average molecular weight is 313 g/mol. The summed E-state index contributed by atoms with van der Waals surface area (Å²) in [6, 6.07) is 0.704. The molecule has 0 spiro atoms. The monoisotopic (exact) mass is 313 g/mol. The minimum Gasteiger partial charge on any atom is -0.481 e. The smallest absolute Gasteiger partial charge is 0.326 e. The number of carbonyl (C=O) groups excluding carboxylic acids is 1. The lowest BCUT2D eigenvalue weighted by Crippen LogP contribution is -2.40. The molecule has 0 saturated carbocycles. The quantitative estimate of drug-likeness (QED) is 0.681. The van der Waals surface area contributed by atoms with E-state index in [4.69, 9.17) is 10.2 Å². The van der Waals surface area contributed by atoms with Crippen molar-refractivity contribution in [2.45, 2.75) is 45.6 Å². The first-order valence-electron chi connectivity index (χ1n) is 6.69. The van der Waals surface area contributed by atoms with E-state index in [0.717, 1.165) is 16.9 Å². The van der Waals surface area contributed by atoms with Gasteiger partial charge in [-0.15, -0.1) is 11.3 Å². The summed E-state index contributed by atoms with van der Waals surface area (Å²) in [4.78, 5) is 35.1. The maximum Gasteiger partial charge on any atom is 0.326 e. The van der Waals surface area contributed by atoms with Gasteiger partial charge < -0.3 is 15.5 Å². The van der Waals surface area contributed by atoms with E-state index in [1.165, 1.54) is 11.3 Å². The third-order valence-electron chi connectivity index (χ3n) is 3.11. The molecule has 116 valence electrons. The Bertz CT molecular complexity index is 537. The van der Waals surface area contributed by atoms with E-state index < -0.39 is 23.9 Å². The van der Waals surface area contributed by atoms with Crippen molar-refractivity contribution in [2.24, 2.45) is 0 Å². The summed E-state index contributed by atoms with van der Waals surface area (Å²) in [6.45, 7) is 3.91. The van der Waals surface area contributed by atoms with Crippen LogP contribution in [-0.2, 0) is 16.0 Å². The van der Waals surface area contributed by atoms with Crippen molar-refractivity contribution >= 4 is 29.2 Å². The molecular formula is C14H19NO5S. The highest BCUT2D eigenvalue weighted by Crippen LogP contribution is 2.22. The molecular weight excluding hydrogens is 294 g/mol. The molecule has 21 heavy (non-hydrogen) atoms. The SMILES string of the molecule is CCc1cc(C(=O)N[C@H](CCCC(=O)O)C(=O)O)sc1C. The third-order valence-corrected chi connectivity index (χ3v) is 4.20. The minimum atomic E-state index is -1.15. The van der Waals surface area contributed by atoms with Crippen LogP contribution in [0.1, 0.15) is 46.3 Å². The zero-order chi connectivity index (χ0) is 16.0. The van der Waals surface area contributed by atoms with Gasteiger partial charge in [-0.3, -0.25) is 9.59 Å². The zero-order valence-corrected chi connectivity index (χ0v) is 12.8. The molecule has 0 unspecified atom stereocenters. The van der Waals surface area contributed by atoms with E-state index in [0.29, 0.717) is 4.88 Å². The van der Waals surface area contributed by atoms with Crippen LogP contribution in [0, 0.1) is 6.92 Å². The molecule has 0 saturated heterocycles. The number of nitrogens with one attached hydrogen (secondary N) is 1. The number of aliphatic carboxylic acids is 2. The predicted octanol–water partition coefficient (Wildman–Crippen LogP) is 2.06. The van der Waals surface area contributed by atoms with Gasteiger partial charge in [-0.1, -0.05) is 6.92 Å². The first-order chi connectivity index (χ1) is 9.85. The van der Waals surface area contributed by atoms with Crippen LogP contribution < -0.4 is 5.32 Å². The summed E-state index contributed by atoms with van der Waals surface area (Å²) >= 11 is 1.33. The molecule has 1 amide bonds. The summed E-state index contributed by atoms with van der Waals surface area (Å²) < 4.78 is 0. The van der Waals surface area contributed by atoms with Gasteiger partial charge in [-0.05, 0) is 37.8 Å². The second-order valence-electron chi connectivity index (χ2n) is 4.70. The molecule has 0 fully saturated rings. The van der Waals surface area contributed by atoms with E-state index in [2.05, 4.69) is 5.32 Å². The second-order valence-corrected chi connectivity index (χ2v) is 5.95. The van der Waals surface area contributed by atoms with Crippen LogP contribution >= 0.6 is 11.3 Å². The lowest BCUT2D eigenvalue weighted by molar-refractivity contribution is -0.140. The Kier molecular flexibility index (Phi) is 6.36. The molecule has 1 aromatic heterocycles. The fraction of sp³-hybridized carbons (Fsp3) is 0.500. The molecule has 6 nitrogen and oxygen atoms in total. The number of aryl methyl sites for hydroxylation is 2. The van der Waals surface area contributed by atoms with Crippen molar-refractivity contribution in [3.63, 3.8) is 0 Å². The maximum atomic E-state index is 12.1. The standard InChI is InChI=1S/C14H19NO5S/c1-3-9-7-11(21-8(9)2)13(18)15-10(14(19)20)5-4-6-12(16)17/h7,10H,3-6H2,1-2H3,(H,15,18)(H,16,17)(H,19,20)/t10-/m1/s1. The van der Waals surface area contributed by atoms with Gasteiger partial charge in [0.15, 0.2) is 0 Å². The van der Waals surface area contributed by atoms with Gasteiger partial charge in [0, 0.05) is 11.3 Å². The lowest BCUT2D eigenvalue weighted by atomic mass is 10.1. The van der Waals surface area contributed by atoms with Crippen LogP contribution in [0.15, 0.2) is 6.07 Å². The van der Waals surface area contributed by atoms with Gasteiger partial charge in [0.2, 0.25) is 0 Å². The van der Waals surface area contributed by atoms with Crippen molar-refractivity contribution in [2.75, 3.05) is 0 Å². The molecule has 0 radical (unpaired) electrons. The zero-order valence-electron chi connectivity index (χ0n) is 12.0. The van der Waals surface area contributed by atoms with Crippen LogP contribution in [-0.4, -0.2) is 34.1 Å². The molecule has 1 rings (SSSR count). The Morgan fingerprint density at radius 3 is 2.48 bits per heavy atom. The van der Waals surface area contributed by atoms with Crippen molar-refractivity contribution in [1.82, 2.24) is 5.32 Å². The number of hydrogen-bond donors (Lipinski definition) is 3. The van der Waals surface area contributed by atoms with Gasteiger partial charge >= 0.3 is 11.9 Å². The Hall–Kier alpha value is -1.89. The molecule has 0 aromatic carbocycles. The number of carboxylic acid groups (broad SMARTS) is 2. The lowest BCUT2D eigenvalue weighted by Gasteiger charge is -2.13. The van der Waals surface area contributed by atoms with Gasteiger partial charge in [-0.25, -0.2) is 4.79 Å². The van der Waals surface area contributed by atoms with E-state index in [-0.39, 0.29) is 19.3 Å². The maximum absolute atomic E-state index is 12.1. The first kappa shape index (κ1) is 17.2. The molecule has 1 heterocycles. The minimum absolute atomic E-state index is 0.0956. The average Bonchev–Trinajstić information content (AvgIpc) is 2.78. The second kappa shape index (κ2) is 7.78. The summed E-state index contributed by atoms with van der Waals surface area (Å²) in [5.74, 6) is -2.56. The highest BCUT2D eigenvalue weighted by Gasteiger charge is 2.22. The molecule has 3 N–H and O–H groups in total. The number of rotatable bonds is 8. The molecule has 0 aliphatic heterocycles. The summed E-state index contributed by atoms with van der Waals surface area (Å²) in [6.07, 6.45) is 1.00. The van der Waals surface area contributed by atoms with Crippen LogP contribution in [0.25, 0.3) is 0 Å². The number of carboxylic acids is 2. The third kappa shape index (κ3) is 5.18. The topological polar surface area (TPSA) is 104 Å². The number of hydrogen-bond acceptors (Lipinski definition) is 4. The molecule has 0 bridgehead atoms. The van der Waals surface area contributed by atoms with Gasteiger partial charge in [0.05, 0.1) is 4.88 Å². The fourth-order valence-electron chi connectivity index (χ4n) is 1.93. The number of carbonyl (C=O) groups is 3. The Morgan fingerprint density at radius 1 is 1.33 bits per heavy atom. The summed E-state index contributed by atoms with van der Waals surface area (Å²) in [5.41, 5.74) is 1.07. The van der Waals surface area contributed by atoms with Crippen LogP contribution in [0.3, 0.4) is 0 Å². The fourth-order valence-corrected chi connectivity index (χ4v) is 2.94. The van der Waals surface area contributed by atoms with Crippen LogP contribution in [0.2, 0.25) is 0 Å². The highest BCUT2D eigenvalue weighted by molar-refractivity contribution is 7.14. The van der Waals surface area contributed by atoms with Crippen LogP contribution in [0.5, 0.6) is 0 Å². The van der Waals surface area contributed by atoms with Crippen molar-refractivity contribution < 1.29 is 24.6 Å². The molecule has 0 aliphatic carbocycles. The molecule has 1 aromatic rings. The normalized spacial score (nSPS) is 11.9. The Morgan fingerprint density at radius 2 is 2.00 bits per heavy atom. The van der Waals surface area contributed by atoms with Gasteiger partial charge in [0.25, 0.3) is 5.91 Å². The Balaban J connectivity index is 2.67. The predicted molar refractivity (Wildman–Crippen MR) is 78.8 cm³/mol. The largest absolute Gasteiger partial charge is 0.481 e. The molecule has 7 heteroatoms. The van der Waals surface area contributed by atoms with Crippen LogP contribution in [0.4, 0.5) is 0 Å². The highest BCUT2D eigenvalue weighted by atomic mass is 32.1. The van der Waals surface area contributed by atoms with Crippen molar-refractivity contribution in [3.8, 4) is 0 Å². The Labute approximate surface area is 126 Å². The molecule has 0 aliphatic rings. The van der Waals surface area contributed by atoms with E-state index in [1.807, 2.05) is 13.8 Å².